The summed E-state index contributed by atoms with van der Waals surface area (Å²) in [5, 5.41) is 25.8. The van der Waals surface area contributed by atoms with E-state index in [-0.39, 0.29) is 6.54 Å². The van der Waals surface area contributed by atoms with Gasteiger partial charge in [0, 0.05) is 19.8 Å². The third kappa shape index (κ3) is 5.38. The number of carbonyl (C=O) groups is 3. The maximum absolute atomic E-state index is 11.4. The number of aliphatic carboxylic acids is 2. The Bertz CT molecular complexity index is 499. The zero-order chi connectivity index (χ0) is 15.1. The summed E-state index contributed by atoms with van der Waals surface area (Å²) in [6.45, 7) is 0.289. The molecule has 9 nitrogen and oxygen atoms in total. The summed E-state index contributed by atoms with van der Waals surface area (Å²) in [4.78, 5) is 32.6. The lowest BCUT2D eigenvalue weighted by atomic mass is 10.2. The average molecular weight is 284 g/mol. The van der Waals surface area contributed by atoms with Crippen molar-refractivity contribution in [3.05, 3.63) is 18.0 Å². The van der Waals surface area contributed by atoms with Crippen molar-refractivity contribution in [2.45, 2.75) is 18.9 Å². The molecule has 0 bridgehead atoms. The molecule has 0 aliphatic rings. The molecule has 1 aromatic heterocycles. The van der Waals surface area contributed by atoms with E-state index < -0.39 is 30.4 Å². The molecule has 9 heteroatoms. The first-order valence-electron chi connectivity index (χ1n) is 5.85. The van der Waals surface area contributed by atoms with Gasteiger partial charge in [0.05, 0.1) is 12.6 Å². The summed E-state index contributed by atoms with van der Waals surface area (Å²) >= 11 is 0. The molecule has 2 amide bonds. The maximum Gasteiger partial charge on any atom is 0.326 e. The smallest absolute Gasteiger partial charge is 0.326 e. The molecule has 0 aromatic carbocycles. The molecule has 1 rings (SSSR count). The van der Waals surface area contributed by atoms with Crippen molar-refractivity contribution in [1.82, 2.24) is 20.4 Å². The summed E-state index contributed by atoms with van der Waals surface area (Å²) in [6, 6.07) is -2.17. The Morgan fingerprint density at radius 1 is 1.40 bits per heavy atom. The van der Waals surface area contributed by atoms with Gasteiger partial charge >= 0.3 is 18.0 Å². The molecule has 20 heavy (non-hydrogen) atoms. The van der Waals surface area contributed by atoms with Crippen LogP contribution in [0, 0.1) is 0 Å². The SMILES string of the molecule is Cn1cc(CCNC(=O)N[C@H](CC(=O)O)C(=O)O)cn1. The molecule has 1 heterocycles. The molecule has 4 N–H and O–H groups in total. The third-order valence-corrected chi connectivity index (χ3v) is 2.44. The number of carboxylic acids is 2. The second-order valence-corrected chi connectivity index (χ2v) is 4.16. The van der Waals surface area contributed by atoms with Gasteiger partial charge in [0.2, 0.25) is 0 Å². The van der Waals surface area contributed by atoms with E-state index in [0.717, 1.165) is 5.56 Å². The predicted molar refractivity (Wildman–Crippen MR) is 67.1 cm³/mol. The van der Waals surface area contributed by atoms with Crippen LogP contribution in [-0.2, 0) is 23.1 Å². The highest BCUT2D eigenvalue weighted by atomic mass is 16.4. The lowest BCUT2D eigenvalue weighted by Gasteiger charge is -2.13. The number of aryl methyl sites for hydroxylation is 1. The number of carbonyl (C=O) groups excluding carboxylic acids is 1. The summed E-state index contributed by atoms with van der Waals surface area (Å²) in [7, 11) is 1.77. The number of nitrogens with one attached hydrogen (secondary N) is 2. The second-order valence-electron chi connectivity index (χ2n) is 4.16. The van der Waals surface area contributed by atoms with Crippen molar-refractivity contribution in [2.24, 2.45) is 7.05 Å². The van der Waals surface area contributed by atoms with Crippen LogP contribution in [0.5, 0.6) is 0 Å². The minimum Gasteiger partial charge on any atom is -0.481 e. The van der Waals surface area contributed by atoms with Crippen LogP contribution in [0.25, 0.3) is 0 Å². The number of hydrogen-bond acceptors (Lipinski definition) is 4. The van der Waals surface area contributed by atoms with Crippen molar-refractivity contribution < 1.29 is 24.6 Å². The van der Waals surface area contributed by atoms with Gasteiger partial charge in [-0.05, 0) is 12.0 Å². The molecule has 0 radical (unpaired) electrons. The zero-order valence-corrected chi connectivity index (χ0v) is 10.9. The maximum atomic E-state index is 11.4. The molecular formula is C11H16N4O5. The molecule has 0 spiro atoms. The topological polar surface area (TPSA) is 134 Å². The summed E-state index contributed by atoms with van der Waals surface area (Å²) in [5.74, 6) is -2.69. The van der Waals surface area contributed by atoms with Gasteiger partial charge in [-0.15, -0.1) is 0 Å². The predicted octanol–water partition coefficient (Wildman–Crippen LogP) is -0.810. The standard InChI is InChI=1S/C11H16N4O5/c1-15-6-7(5-13-15)2-3-12-11(20)14-8(10(18)19)4-9(16)17/h5-6,8H,2-4H2,1H3,(H,16,17)(H,18,19)(H2,12,14,20)/t8-/m1/s1. The van der Waals surface area contributed by atoms with E-state index in [9.17, 15) is 14.4 Å². The van der Waals surface area contributed by atoms with Crippen molar-refractivity contribution in [1.29, 1.82) is 0 Å². The minimum absolute atomic E-state index is 0.289. The molecule has 1 aromatic rings. The van der Waals surface area contributed by atoms with Gasteiger partial charge < -0.3 is 20.8 Å². The Balaban J connectivity index is 2.34. The third-order valence-electron chi connectivity index (χ3n) is 2.44. The van der Waals surface area contributed by atoms with E-state index in [1.165, 1.54) is 0 Å². The fourth-order valence-corrected chi connectivity index (χ4v) is 1.51. The van der Waals surface area contributed by atoms with Crippen molar-refractivity contribution in [2.75, 3.05) is 6.54 Å². The first kappa shape index (κ1) is 15.5. The van der Waals surface area contributed by atoms with Crippen molar-refractivity contribution in [3.8, 4) is 0 Å². The Labute approximate surface area is 114 Å². The fourth-order valence-electron chi connectivity index (χ4n) is 1.51. The molecule has 0 unspecified atom stereocenters. The minimum atomic E-state index is -1.45. The summed E-state index contributed by atoms with van der Waals surface area (Å²) < 4.78 is 1.63. The van der Waals surface area contributed by atoms with Gasteiger partial charge in [0.15, 0.2) is 0 Å². The molecular weight excluding hydrogens is 268 g/mol. The quantitative estimate of drug-likeness (QED) is 0.517. The average Bonchev–Trinajstić information content (AvgIpc) is 2.73. The summed E-state index contributed by atoms with van der Waals surface area (Å²) in [6.07, 6.45) is 3.32. The lowest BCUT2D eigenvalue weighted by molar-refractivity contribution is -0.145. The van der Waals surface area contributed by atoms with Crippen LogP contribution in [-0.4, -0.2) is 50.5 Å². The van der Waals surface area contributed by atoms with E-state index in [4.69, 9.17) is 10.2 Å². The van der Waals surface area contributed by atoms with Crippen molar-refractivity contribution >= 4 is 18.0 Å². The van der Waals surface area contributed by atoms with Gasteiger partial charge in [-0.2, -0.15) is 5.10 Å². The number of aromatic nitrogens is 2. The lowest BCUT2D eigenvalue weighted by Crippen LogP contribution is -2.47. The van der Waals surface area contributed by atoms with Crippen molar-refractivity contribution in [3.63, 3.8) is 0 Å². The Hall–Kier alpha value is -2.58. The highest BCUT2D eigenvalue weighted by Gasteiger charge is 2.22. The number of urea groups is 1. The highest BCUT2D eigenvalue weighted by molar-refractivity contribution is 5.86. The van der Waals surface area contributed by atoms with Crippen LogP contribution in [0.1, 0.15) is 12.0 Å². The molecule has 0 saturated carbocycles. The van der Waals surface area contributed by atoms with Gasteiger partial charge in [-0.3, -0.25) is 9.48 Å². The Morgan fingerprint density at radius 2 is 2.10 bits per heavy atom. The number of amides is 2. The van der Waals surface area contributed by atoms with Crippen LogP contribution in [0.4, 0.5) is 4.79 Å². The zero-order valence-electron chi connectivity index (χ0n) is 10.9. The fraction of sp³-hybridized carbons (Fsp3) is 0.455. The molecule has 0 aliphatic heterocycles. The molecule has 110 valence electrons. The number of carboxylic acid groups (broad SMARTS) is 2. The highest BCUT2D eigenvalue weighted by Crippen LogP contribution is 1.96. The molecule has 0 saturated heterocycles. The van der Waals surface area contributed by atoms with E-state index >= 15 is 0 Å². The number of rotatable bonds is 7. The largest absolute Gasteiger partial charge is 0.481 e. The number of hydrogen-bond donors (Lipinski definition) is 4. The van der Waals surface area contributed by atoms with E-state index in [0.29, 0.717) is 6.42 Å². The van der Waals surface area contributed by atoms with Crippen LogP contribution in [0.15, 0.2) is 12.4 Å². The van der Waals surface area contributed by atoms with Gasteiger partial charge in [0.25, 0.3) is 0 Å². The Morgan fingerprint density at radius 3 is 2.60 bits per heavy atom. The van der Waals surface area contributed by atoms with Gasteiger partial charge in [0.1, 0.15) is 6.04 Å². The van der Waals surface area contributed by atoms with E-state index in [2.05, 4.69) is 15.7 Å². The molecule has 0 aliphatic carbocycles. The second kappa shape index (κ2) is 7.12. The van der Waals surface area contributed by atoms with Gasteiger partial charge in [-0.1, -0.05) is 0 Å². The van der Waals surface area contributed by atoms with Crippen LogP contribution in [0.3, 0.4) is 0 Å². The summed E-state index contributed by atoms with van der Waals surface area (Å²) in [5.41, 5.74) is 0.924. The van der Waals surface area contributed by atoms with Crippen LogP contribution >= 0.6 is 0 Å². The molecule has 0 fully saturated rings. The van der Waals surface area contributed by atoms with E-state index in [1.54, 1.807) is 24.1 Å². The normalized spacial score (nSPS) is 11.7. The van der Waals surface area contributed by atoms with Gasteiger partial charge in [-0.25, -0.2) is 9.59 Å². The Kier molecular flexibility index (Phi) is 5.51. The number of nitrogens with zero attached hydrogens (tertiary/aromatic N) is 2. The first-order chi connectivity index (χ1) is 9.38. The van der Waals surface area contributed by atoms with Crippen LogP contribution < -0.4 is 10.6 Å². The van der Waals surface area contributed by atoms with Crippen LogP contribution in [0.2, 0.25) is 0 Å². The monoisotopic (exact) mass is 284 g/mol. The molecule has 1 atom stereocenters. The van der Waals surface area contributed by atoms with E-state index in [1.807, 2.05) is 0 Å². The first-order valence-corrected chi connectivity index (χ1v) is 5.85.